The molecule has 0 radical (unpaired) electrons. The molecule has 140 valence electrons. The van der Waals surface area contributed by atoms with Crippen LogP contribution in [0.2, 0.25) is 0 Å². The molecule has 2 amide bonds. The van der Waals surface area contributed by atoms with Gasteiger partial charge in [0.05, 0.1) is 7.11 Å². The Hall–Kier alpha value is -3.13. The fourth-order valence-corrected chi connectivity index (χ4v) is 3.07. The van der Waals surface area contributed by atoms with E-state index in [1.54, 1.807) is 31.4 Å². The number of amides is 2. The number of rotatable bonds is 6. The highest BCUT2D eigenvalue weighted by Crippen LogP contribution is 2.22. The highest BCUT2D eigenvalue weighted by molar-refractivity contribution is 7.15. The predicted octanol–water partition coefficient (Wildman–Crippen LogP) is 4.39. The maximum absolute atomic E-state index is 12.1. The van der Waals surface area contributed by atoms with Crippen LogP contribution in [0.25, 0.3) is 0 Å². The van der Waals surface area contributed by atoms with Crippen molar-refractivity contribution in [1.82, 2.24) is 10.2 Å². The highest BCUT2D eigenvalue weighted by atomic mass is 32.1. The number of carbonyl (C=O) groups excluding carboxylic acids is 1. The lowest BCUT2D eigenvalue weighted by Crippen LogP contribution is -2.19. The van der Waals surface area contributed by atoms with Crippen molar-refractivity contribution in [2.45, 2.75) is 20.5 Å². The molecule has 2 aromatic carbocycles. The lowest BCUT2D eigenvalue weighted by atomic mass is 10.1. The molecular weight excluding hydrogens is 364 g/mol. The second-order valence-corrected chi connectivity index (χ2v) is 6.93. The summed E-state index contributed by atoms with van der Waals surface area (Å²) in [7, 11) is 1.57. The Balaban J connectivity index is 1.54. The summed E-state index contributed by atoms with van der Waals surface area (Å²) in [5.74, 6) is 1.47. The number of benzene rings is 2. The molecule has 0 saturated heterocycles. The molecule has 0 aliphatic heterocycles. The Bertz CT molecular complexity index is 942. The molecule has 0 bridgehead atoms. The first-order valence-electron chi connectivity index (χ1n) is 8.28. The van der Waals surface area contributed by atoms with Gasteiger partial charge in [-0.15, -0.1) is 10.2 Å². The fourth-order valence-electron chi connectivity index (χ4n) is 2.42. The Morgan fingerprint density at radius 1 is 1.11 bits per heavy atom. The van der Waals surface area contributed by atoms with Crippen LogP contribution in [0.15, 0.2) is 42.5 Å². The summed E-state index contributed by atoms with van der Waals surface area (Å²) in [6, 6.07) is 12.7. The number of aryl methyl sites for hydroxylation is 2. The molecule has 0 fully saturated rings. The number of ether oxygens (including phenoxy) is 2. The summed E-state index contributed by atoms with van der Waals surface area (Å²) >= 11 is 1.26. The lowest BCUT2D eigenvalue weighted by molar-refractivity contribution is 0.262. The van der Waals surface area contributed by atoms with Crippen molar-refractivity contribution >= 4 is 28.2 Å². The molecule has 0 spiro atoms. The van der Waals surface area contributed by atoms with Crippen LogP contribution >= 0.6 is 11.3 Å². The van der Waals surface area contributed by atoms with Gasteiger partial charge in [0.1, 0.15) is 18.1 Å². The highest BCUT2D eigenvalue weighted by Gasteiger charge is 2.10. The zero-order valence-corrected chi connectivity index (χ0v) is 16.1. The van der Waals surface area contributed by atoms with Gasteiger partial charge in [-0.25, -0.2) is 4.79 Å². The molecule has 7 nitrogen and oxygen atoms in total. The van der Waals surface area contributed by atoms with Crippen molar-refractivity contribution < 1.29 is 14.3 Å². The van der Waals surface area contributed by atoms with E-state index in [9.17, 15) is 4.79 Å². The number of methoxy groups -OCH3 is 1. The van der Waals surface area contributed by atoms with Gasteiger partial charge in [-0.2, -0.15) is 0 Å². The Morgan fingerprint density at radius 3 is 2.74 bits per heavy atom. The number of urea groups is 1. The van der Waals surface area contributed by atoms with E-state index in [4.69, 9.17) is 9.47 Å². The Labute approximate surface area is 161 Å². The van der Waals surface area contributed by atoms with Gasteiger partial charge in [0.15, 0.2) is 5.01 Å². The van der Waals surface area contributed by atoms with E-state index in [1.807, 2.05) is 26.0 Å². The molecule has 0 saturated carbocycles. The molecule has 0 unspecified atom stereocenters. The maximum atomic E-state index is 12.1. The third kappa shape index (κ3) is 5.18. The average molecular weight is 384 g/mol. The number of carbonyl (C=O) groups is 1. The van der Waals surface area contributed by atoms with E-state index < -0.39 is 6.03 Å². The third-order valence-corrected chi connectivity index (χ3v) is 4.51. The van der Waals surface area contributed by atoms with Crippen molar-refractivity contribution in [2.24, 2.45) is 0 Å². The van der Waals surface area contributed by atoms with E-state index in [0.717, 1.165) is 11.3 Å². The lowest BCUT2D eigenvalue weighted by Gasteiger charge is -2.07. The number of anilines is 2. The quantitative estimate of drug-likeness (QED) is 0.658. The summed E-state index contributed by atoms with van der Waals surface area (Å²) in [6.07, 6.45) is 0. The molecule has 3 aromatic rings. The minimum absolute atomic E-state index is 0.292. The predicted molar refractivity (Wildman–Crippen MR) is 106 cm³/mol. The first kappa shape index (κ1) is 18.7. The van der Waals surface area contributed by atoms with E-state index in [-0.39, 0.29) is 0 Å². The van der Waals surface area contributed by atoms with Gasteiger partial charge in [0, 0.05) is 11.8 Å². The van der Waals surface area contributed by atoms with Gasteiger partial charge < -0.3 is 14.8 Å². The molecule has 1 aromatic heterocycles. The van der Waals surface area contributed by atoms with E-state index in [2.05, 4.69) is 26.9 Å². The van der Waals surface area contributed by atoms with Crippen LogP contribution in [0.3, 0.4) is 0 Å². The van der Waals surface area contributed by atoms with Gasteiger partial charge in [-0.1, -0.05) is 35.1 Å². The van der Waals surface area contributed by atoms with Crippen LogP contribution in [-0.4, -0.2) is 23.3 Å². The van der Waals surface area contributed by atoms with Crippen LogP contribution in [0, 0.1) is 13.8 Å². The first-order valence-corrected chi connectivity index (χ1v) is 9.09. The SMILES string of the molecule is COc1cccc(NC(=O)Nc2nnc(COc3ccc(C)cc3C)s2)c1. The molecule has 3 rings (SSSR count). The minimum atomic E-state index is -0.402. The summed E-state index contributed by atoms with van der Waals surface area (Å²) in [5, 5.41) is 14.5. The van der Waals surface area contributed by atoms with E-state index >= 15 is 0 Å². The van der Waals surface area contributed by atoms with E-state index in [0.29, 0.717) is 28.2 Å². The van der Waals surface area contributed by atoms with Crippen LogP contribution < -0.4 is 20.1 Å². The molecule has 0 aliphatic carbocycles. The summed E-state index contributed by atoms with van der Waals surface area (Å²) < 4.78 is 10.9. The average Bonchev–Trinajstić information content (AvgIpc) is 3.08. The monoisotopic (exact) mass is 384 g/mol. The first-order chi connectivity index (χ1) is 13.0. The normalized spacial score (nSPS) is 10.3. The van der Waals surface area contributed by atoms with Crippen molar-refractivity contribution in [3.8, 4) is 11.5 Å². The van der Waals surface area contributed by atoms with Gasteiger partial charge in [-0.05, 0) is 37.6 Å². The van der Waals surface area contributed by atoms with Crippen molar-refractivity contribution in [2.75, 3.05) is 17.7 Å². The zero-order valence-electron chi connectivity index (χ0n) is 15.3. The zero-order chi connectivity index (χ0) is 19.2. The number of nitrogens with one attached hydrogen (secondary N) is 2. The molecule has 1 heterocycles. The van der Waals surface area contributed by atoms with Gasteiger partial charge in [0.2, 0.25) is 5.13 Å². The van der Waals surface area contributed by atoms with Gasteiger partial charge in [-0.3, -0.25) is 5.32 Å². The number of nitrogens with zero attached hydrogens (tertiary/aromatic N) is 2. The van der Waals surface area contributed by atoms with Crippen LogP contribution in [0.5, 0.6) is 11.5 Å². The largest absolute Gasteiger partial charge is 0.497 e. The van der Waals surface area contributed by atoms with Crippen LogP contribution in [-0.2, 0) is 6.61 Å². The standard InChI is InChI=1S/C19H20N4O3S/c1-12-7-8-16(13(2)9-12)26-11-17-22-23-19(27-17)21-18(24)20-14-5-4-6-15(10-14)25-3/h4-10H,11H2,1-3H3,(H2,20,21,23,24). The smallest absolute Gasteiger partial charge is 0.325 e. The second-order valence-electron chi connectivity index (χ2n) is 5.87. The van der Waals surface area contributed by atoms with Gasteiger partial charge in [0.25, 0.3) is 0 Å². The second kappa shape index (κ2) is 8.50. The van der Waals surface area contributed by atoms with Crippen LogP contribution in [0.4, 0.5) is 15.6 Å². The summed E-state index contributed by atoms with van der Waals surface area (Å²) in [4.78, 5) is 12.1. The molecule has 0 atom stereocenters. The molecular formula is C19H20N4O3S. The summed E-state index contributed by atoms with van der Waals surface area (Å²) in [6.45, 7) is 4.33. The Morgan fingerprint density at radius 2 is 1.96 bits per heavy atom. The Kier molecular flexibility index (Phi) is 5.87. The van der Waals surface area contributed by atoms with Crippen molar-refractivity contribution in [3.05, 3.63) is 58.6 Å². The van der Waals surface area contributed by atoms with E-state index in [1.165, 1.54) is 16.9 Å². The number of hydrogen-bond acceptors (Lipinski definition) is 6. The van der Waals surface area contributed by atoms with Crippen molar-refractivity contribution in [3.63, 3.8) is 0 Å². The maximum Gasteiger partial charge on any atom is 0.325 e. The molecule has 27 heavy (non-hydrogen) atoms. The number of hydrogen-bond donors (Lipinski definition) is 2. The molecule has 8 heteroatoms. The summed E-state index contributed by atoms with van der Waals surface area (Å²) in [5.41, 5.74) is 2.87. The third-order valence-electron chi connectivity index (χ3n) is 3.70. The molecule has 0 aliphatic rings. The van der Waals surface area contributed by atoms with Gasteiger partial charge >= 0.3 is 6.03 Å². The molecule has 2 N–H and O–H groups in total. The number of aromatic nitrogens is 2. The van der Waals surface area contributed by atoms with Crippen LogP contribution in [0.1, 0.15) is 16.1 Å². The minimum Gasteiger partial charge on any atom is -0.497 e. The fraction of sp³-hybridized carbons (Fsp3) is 0.211. The topological polar surface area (TPSA) is 85.4 Å². The van der Waals surface area contributed by atoms with Crippen molar-refractivity contribution in [1.29, 1.82) is 0 Å².